The number of aromatic nitrogens is 3. The topological polar surface area (TPSA) is 63.1 Å². The lowest BCUT2D eigenvalue weighted by molar-refractivity contribution is 0.194. The smallest absolute Gasteiger partial charge is 0.317 e. The van der Waals surface area contributed by atoms with Crippen molar-refractivity contribution in [1.29, 1.82) is 0 Å². The molecule has 0 atom stereocenters. The third-order valence-electron chi connectivity index (χ3n) is 3.74. The molecule has 3 rings (SSSR count). The summed E-state index contributed by atoms with van der Waals surface area (Å²) in [7, 11) is 0. The molecule has 0 unspecified atom stereocenters. The van der Waals surface area contributed by atoms with Crippen molar-refractivity contribution in [2.24, 2.45) is 0 Å². The molecule has 7 heteroatoms. The van der Waals surface area contributed by atoms with Crippen LogP contribution in [0.3, 0.4) is 0 Å². The van der Waals surface area contributed by atoms with Gasteiger partial charge in [-0.15, -0.1) is 0 Å². The van der Waals surface area contributed by atoms with Crippen molar-refractivity contribution in [2.45, 2.75) is 25.1 Å². The molecule has 6 nitrogen and oxygen atoms in total. The Balaban J connectivity index is 1.60. The highest BCUT2D eigenvalue weighted by atomic mass is 32.2. The van der Waals surface area contributed by atoms with Crippen molar-refractivity contribution >= 4 is 17.8 Å². The van der Waals surface area contributed by atoms with Crippen LogP contribution in [0.15, 0.2) is 37.1 Å². The second-order valence-corrected chi connectivity index (χ2v) is 7.98. The molecule has 0 aromatic carbocycles. The summed E-state index contributed by atoms with van der Waals surface area (Å²) in [6.45, 7) is 6.43. The summed E-state index contributed by atoms with van der Waals surface area (Å²) in [5, 5.41) is 3.00. The fraction of sp³-hybridized carbons (Fsp3) is 0.438. The van der Waals surface area contributed by atoms with Gasteiger partial charge in [0.05, 0.1) is 0 Å². The van der Waals surface area contributed by atoms with Crippen LogP contribution in [0.5, 0.6) is 0 Å². The fourth-order valence-electron chi connectivity index (χ4n) is 2.59. The largest absolute Gasteiger partial charge is 0.334 e. The summed E-state index contributed by atoms with van der Waals surface area (Å²) in [5.41, 5.74) is 1.02. The van der Waals surface area contributed by atoms with E-state index < -0.39 is 0 Å². The molecular formula is C16H21N5OS. The van der Waals surface area contributed by atoms with Crippen LogP contribution in [0.2, 0.25) is 0 Å². The normalized spacial score (nSPS) is 17.0. The highest BCUT2D eigenvalue weighted by molar-refractivity contribution is 8.00. The van der Waals surface area contributed by atoms with Crippen molar-refractivity contribution in [2.75, 3.05) is 18.8 Å². The zero-order valence-corrected chi connectivity index (χ0v) is 14.2. The molecule has 1 saturated heterocycles. The van der Waals surface area contributed by atoms with Gasteiger partial charge >= 0.3 is 6.03 Å². The van der Waals surface area contributed by atoms with Crippen molar-refractivity contribution in [3.05, 3.63) is 42.6 Å². The lowest BCUT2D eigenvalue weighted by Gasteiger charge is -2.37. The highest BCUT2D eigenvalue weighted by Crippen LogP contribution is 2.29. The van der Waals surface area contributed by atoms with Gasteiger partial charge in [-0.25, -0.2) is 14.8 Å². The number of rotatable bonds is 3. The minimum atomic E-state index is -0.000585. The van der Waals surface area contributed by atoms with Gasteiger partial charge in [0, 0.05) is 48.7 Å². The van der Waals surface area contributed by atoms with Gasteiger partial charge in [0.25, 0.3) is 0 Å². The number of nitrogens with zero attached hydrogens (tertiary/aromatic N) is 4. The number of hydrogen-bond acceptors (Lipinski definition) is 4. The average molecular weight is 331 g/mol. The molecule has 1 aliphatic heterocycles. The fourth-order valence-corrected chi connectivity index (χ4v) is 3.70. The first-order valence-corrected chi connectivity index (χ1v) is 8.62. The van der Waals surface area contributed by atoms with E-state index in [9.17, 15) is 4.79 Å². The van der Waals surface area contributed by atoms with E-state index in [-0.39, 0.29) is 10.8 Å². The maximum absolute atomic E-state index is 12.3. The van der Waals surface area contributed by atoms with E-state index in [1.54, 1.807) is 18.7 Å². The third kappa shape index (κ3) is 4.04. The summed E-state index contributed by atoms with van der Waals surface area (Å²) in [5.74, 6) is 1.78. The maximum Gasteiger partial charge on any atom is 0.317 e. The first-order valence-electron chi connectivity index (χ1n) is 7.63. The SMILES string of the molecule is CC1(C)CN(C(=O)NCc2ccnc(-n3ccnc3)c2)CCS1. The molecule has 1 fully saturated rings. The van der Waals surface area contributed by atoms with Gasteiger partial charge in [0.2, 0.25) is 0 Å². The highest BCUT2D eigenvalue weighted by Gasteiger charge is 2.29. The van der Waals surface area contributed by atoms with E-state index >= 15 is 0 Å². The predicted octanol–water partition coefficient (Wildman–Crippen LogP) is 2.30. The number of urea groups is 1. The van der Waals surface area contributed by atoms with Crippen molar-refractivity contribution in [3.63, 3.8) is 0 Å². The van der Waals surface area contributed by atoms with Gasteiger partial charge in [-0.2, -0.15) is 11.8 Å². The minimum Gasteiger partial charge on any atom is -0.334 e. The van der Waals surface area contributed by atoms with Crippen LogP contribution in [0.1, 0.15) is 19.4 Å². The van der Waals surface area contributed by atoms with E-state index in [4.69, 9.17) is 0 Å². The van der Waals surface area contributed by atoms with Crippen LogP contribution < -0.4 is 5.32 Å². The Labute approximate surface area is 140 Å². The number of imidazole rings is 1. The zero-order valence-electron chi connectivity index (χ0n) is 13.4. The number of nitrogens with one attached hydrogen (secondary N) is 1. The molecular weight excluding hydrogens is 310 g/mol. The quantitative estimate of drug-likeness (QED) is 0.937. The standard InChI is InChI=1S/C16H21N5OS/c1-16(2)11-20(7-8-23-16)15(22)19-10-13-3-4-18-14(9-13)21-6-5-17-12-21/h3-6,9,12H,7-8,10-11H2,1-2H3,(H,19,22). The summed E-state index contributed by atoms with van der Waals surface area (Å²) < 4.78 is 1.97. The van der Waals surface area contributed by atoms with E-state index in [1.165, 1.54) is 0 Å². The van der Waals surface area contributed by atoms with Crippen molar-refractivity contribution in [3.8, 4) is 5.82 Å². The predicted molar refractivity (Wildman–Crippen MR) is 91.7 cm³/mol. The first kappa shape index (κ1) is 15.9. The van der Waals surface area contributed by atoms with Gasteiger partial charge in [0.15, 0.2) is 0 Å². The van der Waals surface area contributed by atoms with Gasteiger partial charge in [-0.05, 0) is 31.5 Å². The van der Waals surface area contributed by atoms with Crippen LogP contribution >= 0.6 is 11.8 Å². The zero-order chi connectivity index (χ0) is 16.3. The molecule has 2 aromatic rings. The number of thioether (sulfide) groups is 1. The molecule has 0 aliphatic carbocycles. The Hall–Kier alpha value is -2.02. The van der Waals surface area contributed by atoms with Crippen molar-refractivity contribution in [1.82, 2.24) is 24.8 Å². The Morgan fingerprint density at radius 3 is 3.04 bits per heavy atom. The van der Waals surface area contributed by atoms with Crippen LogP contribution in [0.4, 0.5) is 4.79 Å². The van der Waals surface area contributed by atoms with Gasteiger partial charge in [0.1, 0.15) is 12.1 Å². The van der Waals surface area contributed by atoms with E-state index in [0.717, 1.165) is 30.2 Å². The molecule has 1 aliphatic rings. The Bertz CT molecular complexity index is 671. The first-order chi connectivity index (χ1) is 11.0. The molecule has 0 saturated carbocycles. The summed E-state index contributed by atoms with van der Waals surface area (Å²) in [6, 6.07) is 3.87. The minimum absolute atomic E-state index is 0.000585. The monoisotopic (exact) mass is 331 g/mol. The molecule has 0 spiro atoms. The van der Waals surface area contributed by atoms with Crippen LogP contribution in [0.25, 0.3) is 5.82 Å². The molecule has 0 bridgehead atoms. The van der Waals surface area contributed by atoms with Crippen LogP contribution in [-0.2, 0) is 6.54 Å². The molecule has 2 amide bonds. The lowest BCUT2D eigenvalue weighted by atomic mass is 10.2. The van der Waals surface area contributed by atoms with Gasteiger partial charge in [-0.1, -0.05) is 0 Å². The number of amides is 2. The molecule has 122 valence electrons. The Morgan fingerprint density at radius 1 is 1.43 bits per heavy atom. The second-order valence-electron chi connectivity index (χ2n) is 6.18. The van der Waals surface area contributed by atoms with E-state index in [2.05, 4.69) is 29.1 Å². The maximum atomic E-state index is 12.3. The third-order valence-corrected chi connectivity index (χ3v) is 5.03. The molecule has 0 radical (unpaired) electrons. The summed E-state index contributed by atoms with van der Waals surface area (Å²) in [6.07, 6.45) is 7.01. The average Bonchev–Trinajstić information content (AvgIpc) is 3.06. The summed E-state index contributed by atoms with van der Waals surface area (Å²) in [4.78, 5) is 22.6. The number of carbonyl (C=O) groups is 1. The number of pyridine rings is 1. The van der Waals surface area contributed by atoms with Gasteiger partial charge in [-0.3, -0.25) is 4.57 Å². The Kier molecular flexibility index (Phi) is 4.56. The molecule has 2 aromatic heterocycles. The number of carbonyl (C=O) groups excluding carboxylic acids is 1. The molecule has 1 N–H and O–H groups in total. The Morgan fingerprint density at radius 2 is 2.30 bits per heavy atom. The van der Waals surface area contributed by atoms with Crippen LogP contribution in [0, 0.1) is 0 Å². The van der Waals surface area contributed by atoms with Crippen LogP contribution in [-0.4, -0.2) is 49.1 Å². The molecule has 23 heavy (non-hydrogen) atoms. The molecule has 3 heterocycles. The summed E-state index contributed by atoms with van der Waals surface area (Å²) >= 11 is 1.92. The second kappa shape index (κ2) is 6.62. The number of hydrogen-bond donors (Lipinski definition) is 1. The van der Waals surface area contributed by atoms with E-state index in [1.807, 2.05) is 39.6 Å². The lowest BCUT2D eigenvalue weighted by Crippen LogP contribution is -2.49. The van der Waals surface area contributed by atoms with Crippen molar-refractivity contribution < 1.29 is 4.79 Å². The van der Waals surface area contributed by atoms with E-state index in [0.29, 0.717) is 6.54 Å². The van der Waals surface area contributed by atoms with Gasteiger partial charge < -0.3 is 10.2 Å².